The average molecular weight is 259 g/mol. The van der Waals surface area contributed by atoms with Gasteiger partial charge in [0.2, 0.25) is 0 Å². The van der Waals surface area contributed by atoms with Gasteiger partial charge in [-0.2, -0.15) is 0 Å². The van der Waals surface area contributed by atoms with Crippen LogP contribution >= 0.6 is 0 Å². The van der Waals surface area contributed by atoms with E-state index in [1.165, 1.54) is 0 Å². The second kappa shape index (κ2) is 5.63. The fourth-order valence-corrected chi connectivity index (χ4v) is 1.94. The van der Waals surface area contributed by atoms with Crippen LogP contribution < -0.4 is 15.2 Å². The fraction of sp³-hybridized carbons (Fsp3) is 0.200. The normalized spacial score (nSPS) is 11.9. The molecule has 2 aromatic rings. The first kappa shape index (κ1) is 13.2. The lowest BCUT2D eigenvalue weighted by molar-refractivity contribution is 0.219. The van der Waals surface area contributed by atoms with Crippen molar-refractivity contribution in [1.82, 2.24) is 0 Å². The molecule has 0 aliphatic carbocycles. The Morgan fingerprint density at radius 1 is 0.947 bits per heavy atom. The summed E-state index contributed by atoms with van der Waals surface area (Å²) >= 11 is 0. The highest BCUT2D eigenvalue weighted by Gasteiger charge is 2.13. The Morgan fingerprint density at radius 3 is 2.26 bits per heavy atom. The smallest absolute Gasteiger partial charge is 0.161 e. The molecular weight excluding hydrogens is 242 g/mol. The Morgan fingerprint density at radius 2 is 1.63 bits per heavy atom. The summed E-state index contributed by atoms with van der Waals surface area (Å²) in [5.41, 5.74) is 7.81. The van der Waals surface area contributed by atoms with Crippen LogP contribution in [0.5, 0.6) is 11.5 Å². The Hall–Kier alpha value is -2.20. The molecule has 3 N–H and O–H groups in total. The summed E-state index contributed by atoms with van der Waals surface area (Å²) in [5.74, 6) is 1.22. The van der Waals surface area contributed by atoms with Crippen molar-refractivity contribution in [2.75, 3.05) is 20.0 Å². The van der Waals surface area contributed by atoms with Crippen LogP contribution in [0.4, 0.5) is 5.69 Å². The molecule has 0 bridgehead atoms. The van der Waals surface area contributed by atoms with E-state index in [9.17, 15) is 5.11 Å². The Labute approximate surface area is 112 Å². The molecule has 19 heavy (non-hydrogen) atoms. The van der Waals surface area contributed by atoms with Gasteiger partial charge in [-0.05, 0) is 35.4 Å². The van der Waals surface area contributed by atoms with Crippen LogP contribution in [-0.4, -0.2) is 19.3 Å². The number of anilines is 1. The third-order valence-electron chi connectivity index (χ3n) is 2.95. The molecule has 0 unspecified atom stereocenters. The molecule has 0 saturated heterocycles. The molecule has 0 aromatic heterocycles. The largest absolute Gasteiger partial charge is 0.493 e. The summed E-state index contributed by atoms with van der Waals surface area (Å²) in [4.78, 5) is 0. The van der Waals surface area contributed by atoms with E-state index in [-0.39, 0.29) is 0 Å². The maximum atomic E-state index is 10.3. The zero-order valence-corrected chi connectivity index (χ0v) is 11.0. The minimum Gasteiger partial charge on any atom is -0.493 e. The van der Waals surface area contributed by atoms with Crippen molar-refractivity contribution in [2.45, 2.75) is 6.10 Å². The van der Waals surface area contributed by atoms with E-state index in [1.54, 1.807) is 44.6 Å². The predicted molar refractivity (Wildman–Crippen MR) is 74.5 cm³/mol. The second-order valence-electron chi connectivity index (χ2n) is 4.19. The topological polar surface area (TPSA) is 64.7 Å². The highest BCUT2D eigenvalue weighted by atomic mass is 16.5. The van der Waals surface area contributed by atoms with Crippen molar-refractivity contribution in [1.29, 1.82) is 0 Å². The minimum absolute atomic E-state index is 0.586. The first-order chi connectivity index (χ1) is 9.15. The molecule has 0 fully saturated rings. The number of nitrogens with two attached hydrogens (primary N) is 1. The Balaban J connectivity index is 2.36. The van der Waals surface area contributed by atoms with E-state index in [0.717, 1.165) is 11.1 Å². The van der Waals surface area contributed by atoms with E-state index in [1.807, 2.05) is 12.1 Å². The molecular formula is C15H17NO3. The summed E-state index contributed by atoms with van der Waals surface area (Å²) in [6.07, 6.45) is -0.747. The molecule has 4 heteroatoms. The fourth-order valence-electron chi connectivity index (χ4n) is 1.94. The number of hydrogen-bond donors (Lipinski definition) is 2. The van der Waals surface area contributed by atoms with Crippen molar-refractivity contribution in [3.05, 3.63) is 53.6 Å². The van der Waals surface area contributed by atoms with Crippen molar-refractivity contribution >= 4 is 5.69 Å². The second-order valence-corrected chi connectivity index (χ2v) is 4.19. The Kier molecular flexibility index (Phi) is 3.92. The number of methoxy groups -OCH3 is 2. The minimum atomic E-state index is -0.747. The lowest BCUT2D eigenvalue weighted by Crippen LogP contribution is -2.01. The highest BCUT2D eigenvalue weighted by Crippen LogP contribution is 2.32. The van der Waals surface area contributed by atoms with Crippen molar-refractivity contribution in [3.8, 4) is 11.5 Å². The third-order valence-corrected chi connectivity index (χ3v) is 2.95. The van der Waals surface area contributed by atoms with Crippen LogP contribution in [0.3, 0.4) is 0 Å². The molecule has 4 nitrogen and oxygen atoms in total. The van der Waals surface area contributed by atoms with Crippen molar-refractivity contribution in [2.24, 2.45) is 0 Å². The summed E-state index contributed by atoms with van der Waals surface area (Å²) in [6.45, 7) is 0. The molecule has 0 amide bonds. The van der Waals surface area contributed by atoms with Crippen LogP contribution in [-0.2, 0) is 0 Å². The van der Waals surface area contributed by atoms with Crippen LogP contribution in [0.15, 0.2) is 42.5 Å². The first-order valence-corrected chi connectivity index (χ1v) is 5.91. The number of nitrogen functional groups attached to an aromatic ring is 1. The molecule has 0 spiro atoms. The number of aliphatic hydroxyl groups excluding tert-OH is 1. The van der Waals surface area contributed by atoms with Gasteiger partial charge < -0.3 is 20.3 Å². The number of ether oxygens (including phenoxy) is 2. The van der Waals surface area contributed by atoms with Gasteiger partial charge in [0.15, 0.2) is 11.5 Å². The molecule has 0 heterocycles. The lowest BCUT2D eigenvalue weighted by Gasteiger charge is -2.15. The van der Waals surface area contributed by atoms with E-state index >= 15 is 0 Å². The van der Waals surface area contributed by atoms with Crippen LogP contribution in [0.25, 0.3) is 0 Å². The zero-order valence-electron chi connectivity index (χ0n) is 11.0. The molecule has 2 aromatic carbocycles. The maximum Gasteiger partial charge on any atom is 0.161 e. The van der Waals surface area contributed by atoms with E-state index in [0.29, 0.717) is 17.2 Å². The summed E-state index contributed by atoms with van der Waals surface area (Å²) in [7, 11) is 3.14. The van der Waals surface area contributed by atoms with E-state index < -0.39 is 6.10 Å². The highest BCUT2D eigenvalue weighted by molar-refractivity contribution is 5.47. The van der Waals surface area contributed by atoms with Crippen LogP contribution in [0, 0.1) is 0 Å². The molecule has 100 valence electrons. The number of aliphatic hydroxyl groups is 1. The Bertz CT molecular complexity index is 569. The van der Waals surface area contributed by atoms with Gasteiger partial charge in [0.25, 0.3) is 0 Å². The molecule has 0 aliphatic heterocycles. The predicted octanol–water partition coefficient (Wildman–Crippen LogP) is 2.37. The zero-order chi connectivity index (χ0) is 13.8. The number of benzene rings is 2. The van der Waals surface area contributed by atoms with Crippen molar-refractivity contribution in [3.63, 3.8) is 0 Å². The van der Waals surface area contributed by atoms with Crippen LogP contribution in [0.1, 0.15) is 17.2 Å². The first-order valence-electron chi connectivity index (χ1n) is 5.91. The van der Waals surface area contributed by atoms with Gasteiger partial charge in [-0.3, -0.25) is 0 Å². The standard InChI is InChI=1S/C15H17NO3/c1-18-13-7-6-11(9-14(13)19-2)15(17)10-4-3-5-12(16)8-10/h3-9,15,17H,16H2,1-2H3/t15-/m1/s1. The van der Waals surface area contributed by atoms with Crippen molar-refractivity contribution < 1.29 is 14.6 Å². The monoisotopic (exact) mass is 259 g/mol. The van der Waals surface area contributed by atoms with E-state index in [2.05, 4.69) is 0 Å². The molecule has 0 radical (unpaired) electrons. The molecule has 0 saturated carbocycles. The molecule has 0 aliphatic rings. The van der Waals surface area contributed by atoms with E-state index in [4.69, 9.17) is 15.2 Å². The SMILES string of the molecule is COc1ccc([C@H](O)c2cccc(N)c2)cc1OC. The van der Waals surface area contributed by atoms with Crippen LogP contribution in [0.2, 0.25) is 0 Å². The van der Waals surface area contributed by atoms with Gasteiger partial charge >= 0.3 is 0 Å². The third kappa shape index (κ3) is 2.80. The summed E-state index contributed by atoms with van der Waals surface area (Å²) in [6, 6.07) is 12.5. The number of hydrogen-bond acceptors (Lipinski definition) is 4. The quantitative estimate of drug-likeness (QED) is 0.827. The molecule has 2 rings (SSSR count). The van der Waals surface area contributed by atoms with Gasteiger partial charge in [-0.1, -0.05) is 18.2 Å². The van der Waals surface area contributed by atoms with Gasteiger partial charge in [0, 0.05) is 5.69 Å². The lowest BCUT2D eigenvalue weighted by atomic mass is 10.0. The average Bonchev–Trinajstić information content (AvgIpc) is 2.45. The van der Waals surface area contributed by atoms with Gasteiger partial charge in [-0.15, -0.1) is 0 Å². The van der Waals surface area contributed by atoms with Gasteiger partial charge in [0.05, 0.1) is 14.2 Å². The van der Waals surface area contributed by atoms with Gasteiger partial charge in [0.1, 0.15) is 6.10 Å². The molecule has 1 atom stereocenters. The summed E-state index contributed by atoms with van der Waals surface area (Å²) in [5, 5.41) is 10.3. The number of rotatable bonds is 4. The summed E-state index contributed by atoms with van der Waals surface area (Å²) < 4.78 is 10.4. The maximum absolute atomic E-state index is 10.3. The van der Waals surface area contributed by atoms with Gasteiger partial charge in [-0.25, -0.2) is 0 Å².